The van der Waals surface area contributed by atoms with Gasteiger partial charge in [0, 0.05) is 19.2 Å². The minimum atomic E-state index is -2.86. The number of amides is 1. The number of halogens is 2. The Kier molecular flexibility index (Phi) is 4.54. The number of para-hydroxylation sites is 1. The summed E-state index contributed by atoms with van der Waals surface area (Å²) in [6.45, 7) is 3.19. The fourth-order valence-electron chi connectivity index (χ4n) is 2.47. The van der Waals surface area contributed by atoms with Crippen LogP contribution in [0.5, 0.6) is 0 Å². The number of nitrogens with zero attached hydrogens (tertiary/aromatic N) is 2. The van der Waals surface area contributed by atoms with Gasteiger partial charge in [-0.15, -0.1) is 0 Å². The monoisotopic (exact) mass is 308 g/mol. The molecule has 0 saturated carbocycles. The van der Waals surface area contributed by atoms with Crippen LogP contribution in [0, 0.1) is 12.3 Å². The van der Waals surface area contributed by atoms with Crippen LogP contribution in [0.4, 0.5) is 14.5 Å². The Labute approximate surface area is 127 Å². The van der Waals surface area contributed by atoms with Gasteiger partial charge in [-0.25, -0.2) is 8.78 Å². The fraction of sp³-hybridized carbons (Fsp3) is 0.400. The zero-order valence-corrected chi connectivity index (χ0v) is 12.4. The van der Waals surface area contributed by atoms with Gasteiger partial charge in [-0.3, -0.25) is 10.2 Å². The Bertz CT molecular complexity index is 616. The highest BCUT2D eigenvalue weighted by Gasteiger charge is 2.48. The van der Waals surface area contributed by atoms with E-state index in [4.69, 9.17) is 5.41 Å². The van der Waals surface area contributed by atoms with Crippen molar-refractivity contribution in [2.24, 2.45) is 5.10 Å². The summed E-state index contributed by atoms with van der Waals surface area (Å²) in [6, 6.07) is 3.95. The van der Waals surface area contributed by atoms with E-state index < -0.39 is 17.9 Å². The zero-order valence-electron chi connectivity index (χ0n) is 12.4. The predicted molar refractivity (Wildman–Crippen MR) is 82.1 cm³/mol. The number of carbonyl (C=O) groups is 1. The standard InChI is InChI=1S/C15H18F2N4O/c1-10-4-3-5-12(13(10)20-19-8-7-18)14(22)21-9-6-15(16,17)11(21)2/h3-5,7-8,11,18,20H,6,9H2,1-2H3/b18-7?,19-8-/t11-/m1/s1. The second-order valence-electron chi connectivity index (χ2n) is 5.24. The van der Waals surface area contributed by atoms with Gasteiger partial charge in [-0.05, 0) is 25.5 Å². The minimum absolute atomic E-state index is 0.0319. The summed E-state index contributed by atoms with van der Waals surface area (Å²) in [6.07, 6.45) is 1.91. The van der Waals surface area contributed by atoms with Gasteiger partial charge in [0.2, 0.25) is 0 Å². The van der Waals surface area contributed by atoms with Crippen molar-refractivity contribution >= 4 is 24.0 Å². The van der Waals surface area contributed by atoms with E-state index in [9.17, 15) is 13.6 Å². The molecule has 0 spiro atoms. The molecule has 0 aliphatic carbocycles. The van der Waals surface area contributed by atoms with E-state index in [1.54, 1.807) is 25.1 Å². The lowest BCUT2D eigenvalue weighted by atomic mass is 10.1. The molecule has 1 heterocycles. The van der Waals surface area contributed by atoms with Gasteiger partial charge in [-0.2, -0.15) is 5.10 Å². The molecule has 1 aliphatic heterocycles. The predicted octanol–water partition coefficient (Wildman–Crippen LogP) is 2.91. The maximum absolute atomic E-state index is 13.6. The third-order valence-corrected chi connectivity index (χ3v) is 3.85. The number of likely N-dealkylation sites (tertiary alicyclic amines) is 1. The lowest BCUT2D eigenvalue weighted by Gasteiger charge is -2.25. The summed E-state index contributed by atoms with van der Waals surface area (Å²) in [5, 5.41) is 10.7. The van der Waals surface area contributed by atoms with E-state index in [0.29, 0.717) is 11.3 Å². The van der Waals surface area contributed by atoms with Crippen molar-refractivity contribution < 1.29 is 13.6 Å². The molecule has 2 rings (SSSR count). The van der Waals surface area contributed by atoms with Gasteiger partial charge >= 0.3 is 0 Å². The molecule has 0 aromatic heterocycles. The Morgan fingerprint density at radius 2 is 2.27 bits per heavy atom. The molecule has 118 valence electrons. The number of hydrogen-bond acceptors (Lipinski definition) is 4. The molecule has 1 amide bonds. The maximum Gasteiger partial charge on any atom is 0.269 e. The molecular weight excluding hydrogens is 290 g/mol. The van der Waals surface area contributed by atoms with Crippen molar-refractivity contribution in [1.29, 1.82) is 5.41 Å². The smallest absolute Gasteiger partial charge is 0.269 e. The number of benzene rings is 1. The second-order valence-corrected chi connectivity index (χ2v) is 5.24. The molecule has 1 atom stereocenters. The van der Waals surface area contributed by atoms with Gasteiger partial charge in [0.1, 0.15) is 0 Å². The molecular formula is C15H18F2N4O. The molecule has 1 saturated heterocycles. The van der Waals surface area contributed by atoms with Crippen molar-refractivity contribution in [1.82, 2.24) is 4.90 Å². The van der Waals surface area contributed by atoms with Crippen molar-refractivity contribution in [2.75, 3.05) is 12.0 Å². The van der Waals surface area contributed by atoms with E-state index in [0.717, 1.165) is 11.8 Å². The van der Waals surface area contributed by atoms with Gasteiger partial charge < -0.3 is 10.3 Å². The first-order valence-electron chi connectivity index (χ1n) is 6.95. The zero-order chi connectivity index (χ0) is 16.3. The highest BCUT2D eigenvalue weighted by molar-refractivity contribution is 6.14. The van der Waals surface area contributed by atoms with Crippen LogP contribution < -0.4 is 5.43 Å². The van der Waals surface area contributed by atoms with E-state index in [1.165, 1.54) is 18.0 Å². The topological polar surface area (TPSA) is 68.6 Å². The number of anilines is 1. The lowest BCUT2D eigenvalue weighted by molar-refractivity contribution is -0.0230. The number of nitrogens with one attached hydrogen (secondary N) is 2. The maximum atomic E-state index is 13.6. The molecule has 0 bridgehead atoms. The molecule has 1 aromatic rings. The normalized spacial score (nSPS) is 20.4. The van der Waals surface area contributed by atoms with E-state index in [-0.39, 0.29) is 13.0 Å². The van der Waals surface area contributed by atoms with Crippen LogP contribution in [-0.4, -0.2) is 41.7 Å². The number of hydrazone groups is 1. The van der Waals surface area contributed by atoms with Crippen LogP contribution in [0.25, 0.3) is 0 Å². The first-order chi connectivity index (χ1) is 10.4. The number of rotatable bonds is 4. The van der Waals surface area contributed by atoms with Crippen LogP contribution in [0.15, 0.2) is 23.3 Å². The molecule has 1 aromatic carbocycles. The first kappa shape index (κ1) is 16.1. The van der Waals surface area contributed by atoms with Crippen molar-refractivity contribution in [3.8, 4) is 0 Å². The molecule has 1 aliphatic rings. The van der Waals surface area contributed by atoms with E-state index >= 15 is 0 Å². The average molecular weight is 308 g/mol. The Balaban J connectivity index is 2.32. The molecule has 1 fully saturated rings. The SMILES string of the molecule is Cc1cccc(C(=O)N2CCC(F)(F)[C@H]2C)c1N/N=C\C=N. The van der Waals surface area contributed by atoms with Crippen LogP contribution in [0.1, 0.15) is 29.3 Å². The minimum Gasteiger partial charge on any atom is -0.330 e. The molecule has 7 heteroatoms. The largest absolute Gasteiger partial charge is 0.330 e. The average Bonchev–Trinajstić information content (AvgIpc) is 2.74. The van der Waals surface area contributed by atoms with Crippen LogP contribution in [0.3, 0.4) is 0 Å². The molecule has 5 nitrogen and oxygen atoms in total. The third-order valence-electron chi connectivity index (χ3n) is 3.85. The van der Waals surface area contributed by atoms with Crippen molar-refractivity contribution in [3.63, 3.8) is 0 Å². The van der Waals surface area contributed by atoms with Crippen molar-refractivity contribution in [3.05, 3.63) is 29.3 Å². The van der Waals surface area contributed by atoms with Gasteiger partial charge in [0.25, 0.3) is 11.8 Å². The van der Waals surface area contributed by atoms with Gasteiger partial charge in [-0.1, -0.05) is 12.1 Å². The summed E-state index contributed by atoms with van der Waals surface area (Å²) >= 11 is 0. The number of hydrogen-bond donors (Lipinski definition) is 2. The summed E-state index contributed by atoms with van der Waals surface area (Å²) in [5.41, 5.74) is 4.24. The third kappa shape index (κ3) is 2.98. The summed E-state index contributed by atoms with van der Waals surface area (Å²) in [4.78, 5) is 13.8. The molecule has 0 unspecified atom stereocenters. The number of alkyl halides is 2. The van der Waals surface area contributed by atoms with Crippen LogP contribution >= 0.6 is 0 Å². The van der Waals surface area contributed by atoms with Crippen molar-refractivity contribution in [2.45, 2.75) is 32.2 Å². The van der Waals surface area contributed by atoms with E-state index in [1.807, 2.05) is 0 Å². The highest BCUT2D eigenvalue weighted by atomic mass is 19.3. The quantitative estimate of drug-likeness (QED) is 0.663. The first-order valence-corrected chi connectivity index (χ1v) is 6.95. The second kappa shape index (κ2) is 6.21. The molecule has 22 heavy (non-hydrogen) atoms. The van der Waals surface area contributed by atoms with Crippen LogP contribution in [-0.2, 0) is 0 Å². The van der Waals surface area contributed by atoms with E-state index in [2.05, 4.69) is 10.5 Å². The van der Waals surface area contributed by atoms with Gasteiger partial charge in [0.15, 0.2) is 0 Å². The number of aryl methyl sites for hydroxylation is 1. The van der Waals surface area contributed by atoms with Gasteiger partial charge in [0.05, 0.1) is 23.5 Å². The number of carbonyl (C=O) groups excluding carboxylic acids is 1. The Hall–Kier alpha value is -2.31. The van der Waals surface area contributed by atoms with Crippen LogP contribution in [0.2, 0.25) is 0 Å². The Morgan fingerprint density at radius 1 is 1.55 bits per heavy atom. The Morgan fingerprint density at radius 3 is 2.86 bits per heavy atom. The molecule has 2 N–H and O–H groups in total. The summed E-state index contributed by atoms with van der Waals surface area (Å²) in [5.74, 6) is -3.30. The summed E-state index contributed by atoms with van der Waals surface area (Å²) < 4.78 is 27.3. The highest BCUT2D eigenvalue weighted by Crippen LogP contribution is 2.35. The molecule has 0 radical (unpaired) electrons. The summed E-state index contributed by atoms with van der Waals surface area (Å²) in [7, 11) is 0. The lowest BCUT2D eigenvalue weighted by Crippen LogP contribution is -2.40. The fourth-order valence-corrected chi connectivity index (χ4v) is 2.47.